The molecule has 0 atom stereocenters. The first-order valence-corrected chi connectivity index (χ1v) is 9.95. The molecule has 1 amide bonds. The quantitative estimate of drug-likeness (QED) is 0.280. The molecule has 0 unspecified atom stereocenters. The van der Waals surface area contributed by atoms with E-state index in [4.69, 9.17) is 9.47 Å². The topological polar surface area (TPSA) is 146 Å². The van der Waals surface area contributed by atoms with E-state index in [0.29, 0.717) is 11.3 Å². The molecule has 0 saturated carbocycles. The van der Waals surface area contributed by atoms with Gasteiger partial charge in [0.15, 0.2) is 6.61 Å². The second-order valence-electron chi connectivity index (χ2n) is 7.19. The van der Waals surface area contributed by atoms with Crippen molar-refractivity contribution in [2.45, 2.75) is 13.8 Å². The first kappa shape index (κ1) is 23.9. The summed E-state index contributed by atoms with van der Waals surface area (Å²) in [5.74, 6) is 0.243. The van der Waals surface area contributed by atoms with Gasteiger partial charge < -0.3 is 9.47 Å². The molecule has 0 radical (unpaired) electrons. The monoisotopic (exact) mass is 464 g/mol. The largest absolute Gasteiger partial charge is 0.483 e. The van der Waals surface area contributed by atoms with Crippen molar-refractivity contribution in [2.24, 2.45) is 5.10 Å². The van der Waals surface area contributed by atoms with Gasteiger partial charge in [0.05, 0.1) is 22.1 Å². The van der Waals surface area contributed by atoms with E-state index >= 15 is 0 Å². The highest BCUT2D eigenvalue weighted by Gasteiger charge is 2.21. The molecule has 1 N–H and O–H groups in total. The molecule has 174 valence electrons. The Morgan fingerprint density at radius 1 is 1.00 bits per heavy atom. The van der Waals surface area contributed by atoms with Crippen molar-refractivity contribution in [3.8, 4) is 17.2 Å². The van der Waals surface area contributed by atoms with Crippen molar-refractivity contribution >= 4 is 23.5 Å². The molecule has 0 bridgehead atoms. The number of amides is 1. The summed E-state index contributed by atoms with van der Waals surface area (Å²) in [6.45, 7) is 3.64. The van der Waals surface area contributed by atoms with Gasteiger partial charge in [-0.15, -0.1) is 0 Å². The van der Waals surface area contributed by atoms with Crippen LogP contribution >= 0.6 is 0 Å². The molecule has 11 nitrogen and oxygen atoms in total. The third-order valence-electron chi connectivity index (χ3n) is 4.53. The van der Waals surface area contributed by atoms with E-state index in [0.717, 1.165) is 29.3 Å². The Labute approximate surface area is 193 Å². The lowest BCUT2D eigenvalue weighted by atomic mass is 10.1. The number of nitro benzene ring substituents is 2. The minimum atomic E-state index is -0.761. The molecular formula is C23H20N4O7. The van der Waals surface area contributed by atoms with E-state index in [9.17, 15) is 25.0 Å². The summed E-state index contributed by atoms with van der Waals surface area (Å²) in [6.07, 6.45) is 1.37. The van der Waals surface area contributed by atoms with E-state index in [1.165, 1.54) is 12.3 Å². The molecule has 0 fully saturated rings. The van der Waals surface area contributed by atoms with Crippen molar-refractivity contribution in [3.05, 3.63) is 97.6 Å². The fourth-order valence-corrected chi connectivity index (χ4v) is 2.95. The lowest BCUT2D eigenvalue weighted by Crippen LogP contribution is -2.24. The maximum atomic E-state index is 12.0. The van der Waals surface area contributed by atoms with Crippen LogP contribution in [0.1, 0.15) is 16.7 Å². The van der Waals surface area contributed by atoms with Crippen LogP contribution in [0.25, 0.3) is 0 Å². The summed E-state index contributed by atoms with van der Waals surface area (Å²) in [4.78, 5) is 32.6. The molecule has 0 aromatic heterocycles. The van der Waals surface area contributed by atoms with Crippen LogP contribution in [-0.2, 0) is 4.79 Å². The van der Waals surface area contributed by atoms with Crippen LogP contribution in [0.3, 0.4) is 0 Å². The Hall–Kier alpha value is -4.80. The molecule has 3 aromatic rings. The Morgan fingerprint density at radius 3 is 2.47 bits per heavy atom. The summed E-state index contributed by atoms with van der Waals surface area (Å²) in [6, 6.07) is 15.1. The number of benzene rings is 3. The normalized spacial score (nSPS) is 10.6. The Morgan fingerprint density at radius 2 is 1.76 bits per heavy atom. The highest BCUT2D eigenvalue weighted by molar-refractivity contribution is 5.83. The minimum absolute atomic E-state index is 0.151. The standard InChI is InChI=1S/C23H20N4O7/c1-15-6-8-21(16(2)10-15)33-14-23(28)25-24-13-17-4-3-5-19(11-17)34-22-9-7-18(26(29)30)12-20(22)27(31)32/h3-13H,14H2,1-2H3,(H,25,28). The van der Waals surface area contributed by atoms with Crippen LogP contribution in [0.2, 0.25) is 0 Å². The van der Waals surface area contributed by atoms with Gasteiger partial charge in [0.2, 0.25) is 5.75 Å². The number of carbonyl (C=O) groups is 1. The zero-order chi connectivity index (χ0) is 24.7. The number of nitro groups is 2. The number of hydrogen-bond donors (Lipinski definition) is 1. The zero-order valence-electron chi connectivity index (χ0n) is 18.3. The lowest BCUT2D eigenvalue weighted by molar-refractivity contribution is -0.394. The van der Waals surface area contributed by atoms with E-state index in [2.05, 4.69) is 10.5 Å². The van der Waals surface area contributed by atoms with Gasteiger partial charge in [-0.3, -0.25) is 25.0 Å². The third kappa shape index (κ3) is 6.36. The van der Waals surface area contributed by atoms with Crippen molar-refractivity contribution in [2.75, 3.05) is 6.61 Å². The van der Waals surface area contributed by atoms with Crippen molar-refractivity contribution in [1.82, 2.24) is 5.43 Å². The molecule has 3 rings (SSSR count). The van der Waals surface area contributed by atoms with E-state index < -0.39 is 27.1 Å². The highest BCUT2D eigenvalue weighted by Crippen LogP contribution is 2.34. The zero-order valence-corrected chi connectivity index (χ0v) is 18.3. The predicted molar refractivity (Wildman–Crippen MR) is 123 cm³/mol. The van der Waals surface area contributed by atoms with E-state index in [1.807, 2.05) is 26.0 Å². The minimum Gasteiger partial charge on any atom is -0.483 e. The van der Waals surface area contributed by atoms with Crippen LogP contribution in [-0.4, -0.2) is 28.6 Å². The van der Waals surface area contributed by atoms with Gasteiger partial charge in [0.25, 0.3) is 11.6 Å². The fraction of sp³-hybridized carbons (Fsp3) is 0.130. The molecule has 0 aliphatic rings. The van der Waals surface area contributed by atoms with Crippen LogP contribution in [0.5, 0.6) is 17.2 Å². The summed E-state index contributed by atoms with van der Waals surface area (Å²) < 4.78 is 11.0. The van der Waals surface area contributed by atoms with Crippen molar-refractivity contribution < 1.29 is 24.1 Å². The van der Waals surface area contributed by atoms with Gasteiger partial charge in [-0.25, -0.2) is 5.43 Å². The number of nitrogens with one attached hydrogen (secondary N) is 1. The molecule has 0 saturated heterocycles. The van der Waals surface area contributed by atoms with Gasteiger partial charge in [-0.1, -0.05) is 29.8 Å². The highest BCUT2D eigenvalue weighted by atomic mass is 16.6. The van der Waals surface area contributed by atoms with Crippen LogP contribution < -0.4 is 14.9 Å². The first-order valence-electron chi connectivity index (χ1n) is 9.95. The maximum absolute atomic E-state index is 12.0. The van der Waals surface area contributed by atoms with E-state index in [-0.39, 0.29) is 18.1 Å². The fourth-order valence-electron chi connectivity index (χ4n) is 2.95. The van der Waals surface area contributed by atoms with Crippen molar-refractivity contribution in [3.63, 3.8) is 0 Å². The number of hydrazone groups is 1. The molecule has 0 spiro atoms. The van der Waals surface area contributed by atoms with Crippen LogP contribution in [0.4, 0.5) is 11.4 Å². The average Bonchev–Trinajstić information content (AvgIpc) is 2.78. The molecular weight excluding hydrogens is 444 g/mol. The Bertz CT molecular complexity index is 1270. The number of hydrogen-bond acceptors (Lipinski definition) is 8. The summed E-state index contributed by atoms with van der Waals surface area (Å²) in [5.41, 5.74) is 3.95. The van der Waals surface area contributed by atoms with Crippen molar-refractivity contribution in [1.29, 1.82) is 0 Å². The van der Waals surface area contributed by atoms with Crippen LogP contribution in [0.15, 0.2) is 65.8 Å². The Balaban J connectivity index is 1.61. The van der Waals surface area contributed by atoms with Gasteiger partial charge in [0, 0.05) is 6.07 Å². The number of non-ortho nitro benzene ring substituents is 1. The molecule has 0 aliphatic heterocycles. The first-order chi connectivity index (χ1) is 16.2. The second-order valence-corrected chi connectivity index (χ2v) is 7.19. The SMILES string of the molecule is Cc1ccc(OCC(=O)NN=Cc2cccc(Oc3ccc([N+](=O)[O-])cc3[N+](=O)[O-])c2)c(C)c1. The molecule has 11 heteroatoms. The summed E-state index contributed by atoms with van der Waals surface area (Å²) in [5, 5.41) is 26.0. The Kier molecular flexibility index (Phi) is 7.49. The lowest BCUT2D eigenvalue weighted by Gasteiger charge is -2.08. The van der Waals surface area contributed by atoms with Gasteiger partial charge in [-0.05, 0) is 49.2 Å². The molecule has 3 aromatic carbocycles. The second kappa shape index (κ2) is 10.7. The molecule has 0 aliphatic carbocycles. The molecule has 34 heavy (non-hydrogen) atoms. The maximum Gasteiger partial charge on any atom is 0.318 e. The van der Waals surface area contributed by atoms with Gasteiger partial charge >= 0.3 is 5.69 Å². The number of ether oxygens (including phenoxy) is 2. The number of aryl methyl sites for hydroxylation is 2. The molecule has 0 heterocycles. The summed E-state index contributed by atoms with van der Waals surface area (Å²) >= 11 is 0. The number of nitrogens with zero attached hydrogens (tertiary/aromatic N) is 3. The average molecular weight is 464 g/mol. The van der Waals surface area contributed by atoms with Crippen LogP contribution in [0, 0.1) is 34.1 Å². The van der Waals surface area contributed by atoms with Gasteiger partial charge in [-0.2, -0.15) is 5.10 Å². The third-order valence-corrected chi connectivity index (χ3v) is 4.53. The summed E-state index contributed by atoms with van der Waals surface area (Å²) in [7, 11) is 0. The van der Waals surface area contributed by atoms with E-state index in [1.54, 1.807) is 24.3 Å². The smallest absolute Gasteiger partial charge is 0.318 e. The van der Waals surface area contributed by atoms with Gasteiger partial charge in [0.1, 0.15) is 11.5 Å². The predicted octanol–water partition coefficient (Wildman–Crippen LogP) is 4.44. The number of rotatable bonds is 9. The number of carbonyl (C=O) groups excluding carboxylic acids is 1.